The largest absolute Gasteiger partial charge is 0.497 e. The molecule has 5 heteroatoms. The molecule has 3 rings (SSSR count). The van der Waals surface area contributed by atoms with Gasteiger partial charge in [-0.2, -0.15) is 0 Å². The molecule has 0 radical (unpaired) electrons. The summed E-state index contributed by atoms with van der Waals surface area (Å²) in [5.74, 6) is 0.686. The van der Waals surface area contributed by atoms with E-state index in [9.17, 15) is 9.59 Å². The Bertz CT molecular complexity index is 805. The van der Waals surface area contributed by atoms with Gasteiger partial charge in [0.05, 0.1) is 19.8 Å². The lowest BCUT2D eigenvalue weighted by molar-refractivity contribution is -0.133. The van der Waals surface area contributed by atoms with E-state index in [4.69, 9.17) is 9.47 Å². The number of benzene rings is 1. The molecule has 2 aliphatic rings. The van der Waals surface area contributed by atoms with Crippen molar-refractivity contribution in [1.29, 1.82) is 0 Å². The number of epoxide rings is 1. The molecule has 1 aliphatic carbocycles. The number of nitrogens with one attached hydrogen (secondary N) is 1. The van der Waals surface area contributed by atoms with Gasteiger partial charge in [-0.3, -0.25) is 9.59 Å². The predicted molar refractivity (Wildman–Crippen MR) is 117 cm³/mol. The molecular formula is C25H35NO4. The minimum Gasteiger partial charge on any atom is -0.497 e. The normalized spacial score (nSPS) is 22.7. The monoisotopic (exact) mass is 413 g/mol. The highest BCUT2D eigenvalue weighted by atomic mass is 16.6. The number of Topliss-reactive ketones (excluding diaryl/α,β-unsaturated/α-hetero) is 1. The fourth-order valence-corrected chi connectivity index (χ4v) is 4.23. The van der Waals surface area contributed by atoms with Crippen LogP contribution in [0.4, 0.5) is 0 Å². The second-order valence-corrected chi connectivity index (χ2v) is 9.29. The summed E-state index contributed by atoms with van der Waals surface area (Å²) < 4.78 is 10.6. The number of allylic oxidation sites excluding steroid dienone is 1. The van der Waals surface area contributed by atoms with Crippen LogP contribution in [-0.4, -0.2) is 37.0 Å². The Labute approximate surface area is 180 Å². The number of amides is 1. The van der Waals surface area contributed by atoms with Gasteiger partial charge in [0.25, 0.3) is 0 Å². The Morgan fingerprint density at radius 2 is 1.83 bits per heavy atom. The van der Waals surface area contributed by atoms with E-state index < -0.39 is 11.6 Å². The van der Waals surface area contributed by atoms with Crippen LogP contribution in [-0.2, 0) is 20.7 Å². The van der Waals surface area contributed by atoms with E-state index >= 15 is 0 Å². The van der Waals surface area contributed by atoms with Gasteiger partial charge in [0.1, 0.15) is 11.4 Å². The summed E-state index contributed by atoms with van der Waals surface area (Å²) in [7, 11) is 1.64. The molecule has 1 heterocycles. The van der Waals surface area contributed by atoms with Crippen LogP contribution >= 0.6 is 0 Å². The van der Waals surface area contributed by atoms with Gasteiger partial charge in [-0.1, -0.05) is 37.1 Å². The number of hydrogen-bond donors (Lipinski definition) is 1. The van der Waals surface area contributed by atoms with E-state index in [-0.39, 0.29) is 23.5 Å². The van der Waals surface area contributed by atoms with E-state index in [0.29, 0.717) is 19.4 Å². The topological polar surface area (TPSA) is 67.9 Å². The van der Waals surface area contributed by atoms with Crippen LogP contribution in [0.5, 0.6) is 5.75 Å². The highest BCUT2D eigenvalue weighted by Crippen LogP contribution is 2.33. The summed E-state index contributed by atoms with van der Waals surface area (Å²) in [6.07, 6.45) is 4.47. The van der Waals surface area contributed by atoms with Crippen LogP contribution in [0.1, 0.15) is 58.9 Å². The molecule has 1 saturated heterocycles. The van der Waals surface area contributed by atoms with Gasteiger partial charge in [0, 0.05) is 5.92 Å². The van der Waals surface area contributed by atoms with Crippen molar-refractivity contribution in [2.45, 2.75) is 71.4 Å². The average Bonchev–Trinajstić information content (AvgIpc) is 3.35. The van der Waals surface area contributed by atoms with Gasteiger partial charge in [0.2, 0.25) is 5.91 Å². The molecule has 3 unspecified atom stereocenters. The van der Waals surface area contributed by atoms with Gasteiger partial charge >= 0.3 is 0 Å². The Kier molecular flexibility index (Phi) is 7.02. The zero-order valence-electron chi connectivity index (χ0n) is 18.9. The van der Waals surface area contributed by atoms with E-state index in [1.54, 1.807) is 7.11 Å². The maximum atomic E-state index is 13.3. The van der Waals surface area contributed by atoms with Gasteiger partial charge in [-0.05, 0) is 69.6 Å². The molecule has 0 saturated carbocycles. The van der Waals surface area contributed by atoms with Crippen molar-refractivity contribution in [3.8, 4) is 5.75 Å². The lowest BCUT2D eigenvalue weighted by atomic mass is 9.87. The molecule has 30 heavy (non-hydrogen) atoms. The lowest BCUT2D eigenvalue weighted by Crippen LogP contribution is -2.49. The van der Waals surface area contributed by atoms with E-state index in [1.165, 1.54) is 11.1 Å². The quantitative estimate of drug-likeness (QED) is 0.460. The Hall–Kier alpha value is -2.14. The summed E-state index contributed by atoms with van der Waals surface area (Å²) in [6.45, 7) is 8.51. The summed E-state index contributed by atoms with van der Waals surface area (Å²) in [5, 5.41) is 3.11. The molecule has 1 N–H and O–H groups in total. The third-order valence-electron chi connectivity index (χ3n) is 6.57. The fraction of sp³-hybridized carbons (Fsp3) is 0.600. The van der Waals surface area contributed by atoms with E-state index in [1.807, 2.05) is 31.2 Å². The maximum absolute atomic E-state index is 13.3. The van der Waals surface area contributed by atoms with Crippen LogP contribution in [0.3, 0.4) is 0 Å². The summed E-state index contributed by atoms with van der Waals surface area (Å²) in [5.41, 5.74) is 3.02. The summed E-state index contributed by atoms with van der Waals surface area (Å²) in [4.78, 5) is 26.4. The van der Waals surface area contributed by atoms with Crippen molar-refractivity contribution in [1.82, 2.24) is 5.32 Å². The standard InChI is InChI=1S/C25H35NO4/c1-16(2)21(13-18-9-11-20(29-5)12-10-18)24(28)26-22(23(27)25(4)15-30-25)14-19-8-6-7-17(19)3/h9-12,16,21-22H,6-8,13-15H2,1-5H3,(H,26,28). The molecule has 1 fully saturated rings. The number of carbonyl (C=O) groups is 2. The zero-order chi connectivity index (χ0) is 21.9. The first-order chi connectivity index (χ1) is 14.2. The first-order valence-corrected chi connectivity index (χ1v) is 11.0. The molecule has 164 valence electrons. The highest BCUT2D eigenvalue weighted by Gasteiger charge is 2.50. The first-order valence-electron chi connectivity index (χ1n) is 11.0. The number of ether oxygens (including phenoxy) is 2. The Balaban J connectivity index is 1.73. The maximum Gasteiger partial charge on any atom is 0.224 e. The third-order valence-corrected chi connectivity index (χ3v) is 6.57. The fourth-order valence-electron chi connectivity index (χ4n) is 4.23. The smallest absolute Gasteiger partial charge is 0.224 e. The molecule has 1 aromatic rings. The lowest BCUT2D eigenvalue weighted by Gasteiger charge is -2.26. The van der Waals surface area contributed by atoms with Crippen molar-refractivity contribution in [2.75, 3.05) is 13.7 Å². The minimum absolute atomic E-state index is 0.00463. The van der Waals surface area contributed by atoms with Gasteiger partial charge in [-0.25, -0.2) is 0 Å². The molecule has 1 aliphatic heterocycles. The van der Waals surface area contributed by atoms with Gasteiger partial charge < -0.3 is 14.8 Å². The molecule has 1 amide bonds. The van der Waals surface area contributed by atoms with Crippen LogP contribution in [0.15, 0.2) is 35.4 Å². The van der Waals surface area contributed by atoms with Crippen molar-refractivity contribution < 1.29 is 19.1 Å². The molecule has 1 aromatic carbocycles. The van der Waals surface area contributed by atoms with E-state index in [0.717, 1.165) is 30.6 Å². The van der Waals surface area contributed by atoms with Crippen molar-refractivity contribution in [2.24, 2.45) is 11.8 Å². The van der Waals surface area contributed by atoms with Gasteiger partial charge in [-0.15, -0.1) is 0 Å². The molecular weight excluding hydrogens is 378 g/mol. The summed E-state index contributed by atoms with van der Waals surface area (Å²) in [6, 6.07) is 7.30. The van der Waals surface area contributed by atoms with Crippen LogP contribution < -0.4 is 10.1 Å². The average molecular weight is 414 g/mol. The number of ketones is 1. The van der Waals surface area contributed by atoms with Crippen molar-refractivity contribution >= 4 is 11.7 Å². The first kappa shape index (κ1) is 22.5. The number of rotatable bonds is 10. The minimum atomic E-state index is -0.742. The second-order valence-electron chi connectivity index (χ2n) is 9.29. The van der Waals surface area contributed by atoms with Crippen LogP contribution in [0.2, 0.25) is 0 Å². The molecule has 0 spiro atoms. The summed E-state index contributed by atoms with van der Waals surface area (Å²) >= 11 is 0. The van der Waals surface area contributed by atoms with Crippen molar-refractivity contribution in [3.05, 3.63) is 41.0 Å². The van der Waals surface area contributed by atoms with Crippen LogP contribution in [0.25, 0.3) is 0 Å². The van der Waals surface area contributed by atoms with Crippen molar-refractivity contribution in [3.63, 3.8) is 0 Å². The second kappa shape index (κ2) is 9.34. The molecule has 0 bridgehead atoms. The number of hydrogen-bond acceptors (Lipinski definition) is 4. The van der Waals surface area contributed by atoms with Gasteiger partial charge in [0.15, 0.2) is 5.78 Å². The third kappa shape index (κ3) is 5.31. The number of carbonyl (C=O) groups excluding carboxylic acids is 2. The highest BCUT2D eigenvalue weighted by molar-refractivity contribution is 5.97. The van der Waals surface area contributed by atoms with E-state index in [2.05, 4.69) is 26.1 Å². The Morgan fingerprint density at radius 3 is 2.33 bits per heavy atom. The molecule has 0 aromatic heterocycles. The zero-order valence-corrected chi connectivity index (χ0v) is 18.9. The molecule has 5 nitrogen and oxygen atoms in total. The number of methoxy groups -OCH3 is 1. The predicted octanol–water partition coefficient (Wildman–Crippen LogP) is 4.24. The van der Waals surface area contributed by atoms with Crippen LogP contribution in [0, 0.1) is 11.8 Å². The SMILES string of the molecule is COc1ccc(CC(C(=O)NC(CC2=C(C)CCC2)C(=O)C2(C)CO2)C(C)C)cc1. The molecule has 3 atom stereocenters. The Morgan fingerprint density at radius 1 is 1.17 bits per heavy atom.